The summed E-state index contributed by atoms with van der Waals surface area (Å²) in [5.41, 5.74) is 5.42. The first-order chi connectivity index (χ1) is 24.7. The zero-order chi connectivity index (χ0) is 37.5. The summed E-state index contributed by atoms with van der Waals surface area (Å²) < 4.78 is 46.2. The van der Waals surface area contributed by atoms with Gasteiger partial charge in [-0.3, -0.25) is 15.2 Å². The number of amides is 2. The third-order valence-electron chi connectivity index (χ3n) is 9.15. The molecular formula is C37H50N6O8S. The van der Waals surface area contributed by atoms with E-state index in [9.17, 15) is 23.1 Å². The molecule has 0 aliphatic carbocycles. The summed E-state index contributed by atoms with van der Waals surface area (Å²) in [6.07, 6.45) is -0.0835. The first kappa shape index (κ1) is 39.3. The number of aliphatic hydroxyl groups is 1. The standard InChI is InChI=1S/C37H50N6O8S/c1-37(2,3)33(41-52(47,48)42(4)5)34(45)40-43(22-26-14-16-27(17-15-26)29-13-9-10-19-38-29)23-31(44)30(21-25-11-7-6-8-12-25)39-36(46)51-32-24-50-35-28(32)18-20-49-35/h6-17,19,28,30-33,35,41,44H,18,20-24H2,1-5H3,(H,39,46)(H,40,45)/t28-,30-,31-,32-,33+,35+/m0/s1. The highest BCUT2D eigenvalue weighted by molar-refractivity contribution is 7.87. The monoisotopic (exact) mass is 738 g/mol. The number of carbonyl (C=O) groups excluding carboxylic acids is 2. The minimum atomic E-state index is -3.98. The minimum absolute atomic E-state index is 0.0568. The Morgan fingerprint density at radius 1 is 1.00 bits per heavy atom. The number of hydrazine groups is 1. The number of ether oxygens (including phenoxy) is 3. The third kappa shape index (κ3) is 10.6. The van der Waals surface area contributed by atoms with Crippen LogP contribution in [0.15, 0.2) is 79.0 Å². The smallest absolute Gasteiger partial charge is 0.407 e. The van der Waals surface area contributed by atoms with Crippen LogP contribution in [0.1, 0.15) is 38.3 Å². The second-order valence-corrected chi connectivity index (χ2v) is 16.4. The van der Waals surface area contributed by atoms with Crippen LogP contribution in [0.2, 0.25) is 0 Å². The summed E-state index contributed by atoms with van der Waals surface area (Å²) in [6, 6.07) is 20.7. The first-order valence-electron chi connectivity index (χ1n) is 17.4. The Labute approximate surface area is 306 Å². The van der Waals surface area contributed by atoms with Gasteiger partial charge >= 0.3 is 6.09 Å². The van der Waals surface area contributed by atoms with Crippen LogP contribution in [0.4, 0.5) is 4.79 Å². The number of aromatic nitrogens is 1. The van der Waals surface area contributed by atoms with Crippen LogP contribution < -0.4 is 15.5 Å². The van der Waals surface area contributed by atoms with Gasteiger partial charge in [-0.15, -0.1) is 0 Å². The second-order valence-electron chi connectivity index (χ2n) is 14.4. The molecule has 0 unspecified atom stereocenters. The van der Waals surface area contributed by atoms with Crippen molar-refractivity contribution in [3.05, 3.63) is 90.1 Å². The maximum Gasteiger partial charge on any atom is 0.407 e. The predicted octanol–water partition coefficient (Wildman–Crippen LogP) is 2.85. The van der Waals surface area contributed by atoms with Crippen LogP contribution >= 0.6 is 0 Å². The highest BCUT2D eigenvalue weighted by atomic mass is 32.2. The molecule has 0 spiro atoms. The van der Waals surface area contributed by atoms with Gasteiger partial charge in [0.15, 0.2) is 6.29 Å². The molecule has 14 nitrogen and oxygen atoms in total. The van der Waals surface area contributed by atoms with Crippen LogP contribution in [0.5, 0.6) is 0 Å². The highest BCUT2D eigenvalue weighted by Crippen LogP contribution is 2.33. The van der Waals surface area contributed by atoms with Gasteiger partial charge in [0.05, 0.1) is 37.0 Å². The Morgan fingerprint density at radius 2 is 1.71 bits per heavy atom. The van der Waals surface area contributed by atoms with E-state index in [-0.39, 0.29) is 32.0 Å². The summed E-state index contributed by atoms with van der Waals surface area (Å²) in [5.74, 6) is -0.671. The van der Waals surface area contributed by atoms with Crippen molar-refractivity contribution in [2.24, 2.45) is 11.3 Å². The van der Waals surface area contributed by atoms with E-state index in [1.165, 1.54) is 19.1 Å². The number of fused-ring (bicyclic) bond motifs is 1. The summed E-state index contributed by atoms with van der Waals surface area (Å²) in [7, 11) is -1.23. The molecule has 4 N–H and O–H groups in total. The molecular weight excluding hydrogens is 689 g/mol. The van der Waals surface area contributed by atoms with E-state index in [1.807, 2.05) is 72.8 Å². The molecule has 15 heteroatoms. The number of rotatable bonds is 15. The van der Waals surface area contributed by atoms with E-state index < -0.39 is 58.2 Å². The van der Waals surface area contributed by atoms with E-state index in [0.717, 1.165) is 33.1 Å². The Bertz CT molecular complexity index is 1720. The Balaban J connectivity index is 1.38. The molecule has 5 rings (SSSR count). The van der Waals surface area contributed by atoms with Gasteiger partial charge in [-0.25, -0.2) is 9.80 Å². The molecule has 0 radical (unpaired) electrons. The molecule has 3 aromatic rings. The average molecular weight is 739 g/mol. The number of alkyl carbamates (subject to hydrolysis) is 1. The number of nitrogens with one attached hydrogen (secondary N) is 3. The lowest BCUT2D eigenvalue weighted by Crippen LogP contribution is -2.60. The average Bonchev–Trinajstić information content (AvgIpc) is 3.73. The highest BCUT2D eigenvalue weighted by Gasteiger charge is 2.44. The summed E-state index contributed by atoms with van der Waals surface area (Å²) in [6.45, 7) is 6.04. The van der Waals surface area contributed by atoms with Crippen molar-refractivity contribution in [1.29, 1.82) is 0 Å². The number of pyridine rings is 1. The molecule has 52 heavy (non-hydrogen) atoms. The largest absolute Gasteiger partial charge is 0.443 e. The number of hydrogen-bond donors (Lipinski definition) is 4. The molecule has 0 bridgehead atoms. The molecule has 2 saturated heterocycles. The Morgan fingerprint density at radius 3 is 2.37 bits per heavy atom. The number of nitrogens with zero attached hydrogens (tertiary/aromatic N) is 3. The van der Waals surface area contributed by atoms with E-state index >= 15 is 0 Å². The van der Waals surface area contributed by atoms with Gasteiger partial charge in [-0.05, 0) is 41.5 Å². The quantitative estimate of drug-likeness (QED) is 0.170. The molecule has 1 aromatic heterocycles. The fraction of sp³-hybridized carbons (Fsp3) is 0.486. The Hall–Kier alpha value is -3.96. The number of aliphatic hydroxyl groups excluding tert-OH is 1. The maximum atomic E-state index is 13.9. The van der Waals surface area contributed by atoms with Gasteiger partial charge < -0.3 is 24.6 Å². The molecule has 3 heterocycles. The second kappa shape index (κ2) is 17.2. The molecule has 2 aliphatic heterocycles. The summed E-state index contributed by atoms with van der Waals surface area (Å²) in [5, 5.41) is 16.2. The first-order valence-corrected chi connectivity index (χ1v) is 18.8. The maximum absolute atomic E-state index is 13.9. The zero-order valence-electron chi connectivity index (χ0n) is 30.3. The minimum Gasteiger partial charge on any atom is -0.443 e. The van der Waals surface area contributed by atoms with Gasteiger partial charge in [0.1, 0.15) is 12.1 Å². The lowest BCUT2D eigenvalue weighted by Gasteiger charge is -2.35. The van der Waals surface area contributed by atoms with E-state index in [0.29, 0.717) is 6.61 Å². The van der Waals surface area contributed by atoms with Crippen molar-refractivity contribution in [3.63, 3.8) is 0 Å². The van der Waals surface area contributed by atoms with Crippen molar-refractivity contribution in [2.75, 3.05) is 33.9 Å². The van der Waals surface area contributed by atoms with Gasteiger partial charge in [-0.1, -0.05) is 81.4 Å². The summed E-state index contributed by atoms with van der Waals surface area (Å²) >= 11 is 0. The lowest BCUT2D eigenvalue weighted by atomic mass is 9.87. The van der Waals surface area contributed by atoms with Crippen LogP contribution in [-0.2, 0) is 42.2 Å². The van der Waals surface area contributed by atoms with E-state index in [2.05, 4.69) is 20.4 Å². The van der Waals surface area contributed by atoms with Gasteiger partial charge in [0.25, 0.3) is 16.1 Å². The normalized spacial score (nSPS) is 20.7. The molecule has 282 valence electrons. The zero-order valence-corrected chi connectivity index (χ0v) is 31.1. The predicted molar refractivity (Wildman–Crippen MR) is 194 cm³/mol. The van der Waals surface area contributed by atoms with Gasteiger partial charge in [0, 0.05) is 38.9 Å². The fourth-order valence-electron chi connectivity index (χ4n) is 6.16. The Kier molecular flexibility index (Phi) is 13.0. The van der Waals surface area contributed by atoms with E-state index in [1.54, 1.807) is 27.0 Å². The van der Waals surface area contributed by atoms with E-state index in [4.69, 9.17) is 14.2 Å². The number of benzene rings is 2. The van der Waals surface area contributed by atoms with Crippen molar-refractivity contribution >= 4 is 22.2 Å². The molecule has 2 aliphatic rings. The molecule has 2 fully saturated rings. The number of hydrogen-bond acceptors (Lipinski definition) is 10. The fourth-order valence-corrected chi connectivity index (χ4v) is 7.13. The SMILES string of the molecule is CN(C)S(=O)(=O)N[C@H](C(=O)NN(Cc1ccc(-c2ccccn2)cc1)C[C@H](O)[C@H](Cc1ccccc1)NC(=O)O[C@H]1CO[C@H]2OCC[C@H]21)C(C)(C)C. The van der Waals surface area contributed by atoms with Gasteiger partial charge in [0.2, 0.25) is 0 Å². The van der Waals surface area contributed by atoms with Gasteiger partial charge in [-0.2, -0.15) is 17.4 Å². The van der Waals surface area contributed by atoms with Crippen LogP contribution in [0.25, 0.3) is 11.3 Å². The topological polar surface area (TPSA) is 172 Å². The summed E-state index contributed by atoms with van der Waals surface area (Å²) in [4.78, 5) is 31.6. The van der Waals surface area contributed by atoms with Crippen LogP contribution in [0.3, 0.4) is 0 Å². The van der Waals surface area contributed by atoms with Crippen molar-refractivity contribution < 1.29 is 37.3 Å². The van der Waals surface area contributed by atoms with Crippen LogP contribution in [0, 0.1) is 11.3 Å². The van der Waals surface area contributed by atoms with Crippen molar-refractivity contribution in [1.82, 2.24) is 29.8 Å². The molecule has 0 saturated carbocycles. The molecule has 6 atom stereocenters. The van der Waals surface area contributed by atoms with Crippen LogP contribution in [-0.4, -0.2) is 104 Å². The molecule has 2 aromatic carbocycles. The van der Waals surface area contributed by atoms with Crippen molar-refractivity contribution in [2.45, 2.75) is 70.7 Å². The third-order valence-corrected chi connectivity index (χ3v) is 10.6. The lowest BCUT2D eigenvalue weighted by molar-refractivity contribution is -0.131. The number of carbonyl (C=O) groups is 2. The van der Waals surface area contributed by atoms with Crippen molar-refractivity contribution in [3.8, 4) is 11.3 Å². The molecule has 2 amide bonds.